The van der Waals surface area contributed by atoms with Gasteiger partial charge < -0.3 is 15.5 Å². The number of hydrogen-bond acceptors (Lipinski definition) is 4. The fourth-order valence-corrected chi connectivity index (χ4v) is 3.25. The molecular formula is C16H27N3O2. The molecule has 5 heteroatoms. The number of nitrogens with zero attached hydrogens (tertiary/aromatic N) is 1. The van der Waals surface area contributed by atoms with Crippen LogP contribution in [-0.2, 0) is 16.8 Å². The van der Waals surface area contributed by atoms with Gasteiger partial charge in [-0.2, -0.15) is 0 Å². The van der Waals surface area contributed by atoms with Gasteiger partial charge in [0.05, 0.1) is 5.56 Å². The van der Waals surface area contributed by atoms with E-state index in [1.54, 1.807) is 0 Å². The molecule has 0 aliphatic heterocycles. The largest absolute Gasteiger partial charge is 0.383 e. The van der Waals surface area contributed by atoms with Gasteiger partial charge in [0.15, 0.2) is 0 Å². The number of nitrogens with one attached hydrogen (secondary N) is 1. The smallest absolute Gasteiger partial charge is 0.256 e. The van der Waals surface area contributed by atoms with Crippen LogP contribution in [0.15, 0.2) is 4.79 Å². The molecule has 1 aliphatic carbocycles. The predicted octanol–water partition coefficient (Wildman–Crippen LogP) is 2.89. The minimum Gasteiger partial charge on any atom is -0.383 e. The number of nitrogens with two attached hydrogens (primary N) is 1. The maximum atomic E-state index is 12.3. The lowest BCUT2D eigenvalue weighted by Crippen LogP contribution is -2.35. The molecule has 0 aromatic carbocycles. The Kier molecular flexibility index (Phi) is 5.39. The van der Waals surface area contributed by atoms with Crippen LogP contribution in [0.3, 0.4) is 0 Å². The number of H-pyrrole nitrogens is 1. The number of ether oxygens (including phenoxy) is 1. The van der Waals surface area contributed by atoms with Crippen LogP contribution in [0, 0.1) is 0 Å². The zero-order valence-corrected chi connectivity index (χ0v) is 13.2. The average Bonchev–Trinajstić information content (AvgIpc) is 2.69. The van der Waals surface area contributed by atoms with E-state index in [1.807, 2.05) is 13.8 Å². The van der Waals surface area contributed by atoms with Crippen molar-refractivity contribution in [3.63, 3.8) is 0 Å². The summed E-state index contributed by atoms with van der Waals surface area (Å²) in [5.41, 5.74) is 6.04. The maximum absolute atomic E-state index is 12.3. The van der Waals surface area contributed by atoms with Gasteiger partial charge in [-0.1, -0.05) is 39.0 Å². The first-order valence-corrected chi connectivity index (χ1v) is 8.16. The van der Waals surface area contributed by atoms with Crippen molar-refractivity contribution in [2.75, 3.05) is 12.3 Å². The topological polar surface area (TPSA) is 81.0 Å². The van der Waals surface area contributed by atoms with Gasteiger partial charge in [-0.05, 0) is 26.2 Å². The van der Waals surface area contributed by atoms with Crippen molar-refractivity contribution in [1.29, 1.82) is 0 Å². The fraction of sp³-hybridized carbons (Fsp3) is 0.750. The van der Waals surface area contributed by atoms with Crippen molar-refractivity contribution in [3.8, 4) is 0 Å². The Balaban J connectivity index is 2.43. The van der Waals surface area contributed by atoms with Crippen LogP contribution in [0.2, 0.25) is 0 Å². The Morgan fingerprint density at radius 3 is 2.43 bits per heavy atom. The van der Waals surface area contributed by atoms with E-state index < -0.39 is 5.60 Å². The Morgan fingerprint density at radius 1 is 1.24 bits per heavy atom. The molecule has 5 nitrogen and oxygen atoms in total. The second-order valence-electron chi connectivity index (χ2n) is 5.87. The number of anilines is 1. The summed E-state index contributed by atoms with van der Waals surface area (Å²) in [7, 11) is 0. The molecule has 1 heterocycles. The molecule has 0 saturated heterocycles. The van der Waals surface area contributed by atoms with Crippen LogP contribution in [0.5, 0.6) is 0 Å². The summed E-state index contributed by atoms with van der Waals surface area (Å²) in [6.07, 6.45) is 7.96. The highest BCUT2D eigenvalue weighted by Crippen LogP contribution is 2.37. The molecule has 118 valence electrons. The van der Waals surface area contributed by atoms with Crippen LogP contribution >= 0.6 is 0 Å². The SMILES string of the molecule is CCCc1c(N)nc(C2(OCC)CCCCCC2)[nH]c1=O. The third-order valence-electron chi connectivity index (χ3n) is 4.31. The summed E-state index contributed by atoms with van der Waals surface area (Å²) in [6, 6.07) is 0. The van der Waals surface area contributed by atoms with Gasteiger partial charge in [0.2, 0.25) is 0 Å². The van der Waals surface area contributed by atoms with Gasteiger partial charge in [0.1, 0.15) is 17.2 Å². The van der Waals surface area contributed by atoms with Crippen molar-refractivity contribution in [2.45, 2.75) is 70.8 Å². The lowest BCUT2D eigenvalue weighted by Gasteiger charge is -2.31. The summed E-state index contributed by atoms with van der Waals surface area (Å²) >= 11 is 0. The molecule has 1 saturated carbocycles. The number of hydrogen-bond donors (Lipinski definition) is 2. The number of nitrogen functional groups attached to an aromatic ring is 1. The zero-order valence-electron chi connectivity index (χ0n) is 13.2. The van der Waals surface area contributed by atoms with Crippen molar-refractivity contribution < 1.29 is 4.74 Å². The predicted molar refractivity (Wildman–Crippen MR) is 84.3 cm³/mol. The summed E-state index contributed by atoms with van der Waals surface area (Å²) in [5, 5.41) is 0. The minimum absolute atomic E-state index is 0.109. The van der Waals surface area contributed by atoms with E-state index in [1.165, 1.54) is 12.8 Å². The van der Waals surface area contributed by atoms with Crippen LogP contribution in [0.1, 0.15) is 70.2 Å². The van der Waals surface area contributed by atoms with E-state index >= 15 is 0 Å². The normalized spacial score (nSPS) is 18.4. The summed E-state index contributed by atoms with van der Waals surface area (Å²) < 4.78 is 6.06. The van der Waals surface area contributed by atoms with Crippen LogP contribution in [-0.4, -0.2) is 16.6 Å². The standard InChI is InChI=1S/C16H27N3O2/c1-3-9-12-13(17)18-15(19-14(12)20)16(21-4-2)10-7-5-6-8-11-16/h3-11H2,1-2H3,(H3,17,18,19,20). The molecule has 1 aromatic heterocycles. The first-order valence-electron chi connectivity index (χ1n) is 8.16. The molecular weight excluding hydrogens is 266 g/mol. The first-order chi connectivity index (χ1) is 10.1. The number of aromatic amines is 1. The van der Waals surface area contributed by atoms with Crippen molar-refractivity contribution in [3.05, 3.63) is 21.7 Å². The fourth-order valence-electron chi connectivity index (χ4n) is 3.25. The van der Waals surface area contributed by atoms with Crippen LogP contribution < -0.4 is 11.3 Å². The number of rotatable bonds is 5. The summed E-state index contributed by atoms with van der Waals surface area (Å²) in [4.78, 5) is 19.8. The van der Waals surface area contributed by atoms with Crippen LogP contribution in [0.25, 0.3) is 0 Å². The van der Waals surface area contributed by atoms with Crippen molar-refractivity contribution >= 4 is 5.82 Å². The third kappa shape index (κ3) is 3.46. The van der Waals surface area contributed by atoms with Gasteiger partial charge in [-0.15, -0.1) is 0 Å². The highest BCUT2D eigenvalue weighted by atomic mass is 16.5. The van der Waals surface area contributed by atoms with Crippen LogP contribution in [0.4, 0.5) is 5.82 Å². The molecule has 2 rings (SSSR count). The van der Waals surface area contributed by atoms with E-state index in [0.29, 0.717) is 30.2 Å². The Labute approximate surface area is 126 Å². The molecule has 0 radical (unpaired) electrons. The lowest BCUT2D eigenvalue weighted by atomic mass is 9.92. The van der Waals surface area contributed by atoms with Gasteiger partial charge in [0, 0.05) is 6.61 Å². The van der Waals surface area contributed by atoms with Gasteiger partial charge in [-0.25, -0.2) is 4.98 Å². The van der Waals surface area contributed by atoms with E-state index in [9.17, 15) is 4.79 Å². The molecule has 3 N–H and O–H groups in total. The quantitative estimate of drug-likeness (QED) is 0.818. The molecule has 1 fully saturated rings. The molecule has 21 heavy (non-hydrogen) atoms. The third-order valence-corrected chi connectivity index (χ3v) is 4.31. The molecule has 0 atom stereocenters. The van der Waals surface area contributed by atoms with E-state index in [-0.39, 0.29) is 5.56 Å². The van der Waals surface area contributed by atoms with E-state index in [4.69, 9.17) is 10.5 Å². The second-order valence-corrected chi connectivity index (χ2v) is 5.87. The molecule has 0 unspecified atom stereocenters. The number of aromatic nitrogens is 2. The van der Waals surface area contributed by atoms with Crippen molar-refractivity contribution in [1.82, 2.24) is 9.97 Å². The minimum atomic E-state index is -0.469. The highest BCUT2D eigenvalue weighted by Gasteiger charge is 2.36. The summed E-state index contributed by atoms with van der Waals surface area (Å²) in [6.45, 7) is 4.62. The Morgan fingerprint density at radius 2 is 1.90 bits per heavy atom. The monoisotopic (exact) mass is 293 g/mol. The van der Waals surface area contributed by atoms with E-state index in [0.717, 1.165) is 32.1 Å². The molecule has 1 aliphatic rings. The maximum Gasteiger partial charge on any atom is 0.256 e. The van der Waals surface area contributed by atoms with Gasteiger partial charge in [-0.3, -0.25) is 4.79 Å². The van der Waals surface area contributed by atoms with Gasteiger partial charge in [0.25, 0.3) is 5.56 Å². The average molecular weight is 293 g/mol. The molecule has 0 spiro atoms. The summed E-state index contributed by atoms with van der Waals surface area (Å²) in [5.74, 6) is 0.979. The Bertz CT molecular complexity index is 517. The molecule has 0 amide bonds. The van der Waals surface area contributed by atoms with Gasteiger partial charge >= 0.3 is 0 Å². The molecule has 1 aromatic rings. The first kappa shape index (κ1) is 16.0. The zero-order chi connectivity index (χ0) is 15.3. The Hall–Kier alpha value is -1.36. The van der Waals surface area contributed by atoms with E-state index in [2.05, 4.69) is 9.97 Å². The molecule has 0 bridgehead atoms. The highest BCUT2D eigenvalue weighted by molar-refractivity contribution is 5.38. The lowest BCUT2D eigenvalue weighted by molar-refractivity contribution is -0.0625. The van der Waals surface area contributed by atoms with Crippen molar-refractivity contribution in [2.24, 2.45) is 0 Å². The second kappa shape index (κ2) is 7.07.